The summed E-state index contributed by atoms with van der Waals surface area (Å²) in [4.78, 5) is 4.16. The zero-order valence-electron chi connectivity index (χ0n) is 8.53. The Hall–Kier alpha value is -1.22. The lowest BCUT2D eigenvalue weighted by molar-refractivity contribution is 0.741. The Morgan fingerprint density at radius 3 is 3.07 bits per heavy atom. The van der Waals surface area contributed by atoms with Crippen LogP contribution >= 0.6 is 0 Å². The summed E-state index contributed by atoms with van der Waals surface area (Å²) in [6.07, 6.45) is 9.57. The van der Waals surface area contributed by atoms with E-state index >= 15 is 0 Å². The number of nitrogens with two attached hydrogens (primary N) is 1. The van der Waals surface area contributed by atoms with Gasteiger partial charge in [-0.15, -0.1) is 0 Å². The fourth-order valence-electron chi connectivity index (χ4n) is 1.11. The normalized spacial score (nSPS) is 18.3. The topological polar surface area (TPSA) is 62.2 Å². The van der Waals surface area contributed by atoms with E-state index in [4.69, 9.17) is 11.1 Å². The van der Waals surface area contributed by atoms with Crippen molar-refractivity contribution in [3.63, 3.8) is 0 Å². The van der Waals surface area contributed by atoms with E-state index in [1.165, 1.54) is 0 Å². The first kappa shape index (κ1) is 10.9. The molecule has 1 aliphatic rings. The van der Waals surface area contributed by atoms with Crippen molar-refractivity contribution >= 4 is 11.9 Å². The van der Waals surface area contributed by atoms with Gasteiger partial charge in [0.1, 0.15) is 0 Å². The largest absolute Gasteiger partial charge is 0.330 e. The van der Waals surface area contributed by atoms with Gasteiger partial charge in [0.25, 0.3) is 0 Å². The lowest BCUT2D eigenvalue weighted by atomic mass is 10.1. The van der Waals surface area contributed by atoms with Crippen LogP contribution in [0.5, 0.6) is 0 Å². The number of nitrogens with zero attached hydrogens (tertiary/aromatic N) is 1. The molecule has 0 radical (unpaired) electrons. The molecule has 3 N–H and O–H groups in total. The minimum Gasteiger partial charge on any atom is -0.330 e. The Kier molecular flexibility index (Phi) is 4.26. The Morgan fingerprint density at radius 1 is 1.71 bits per heavy atom. The molecule has 3 nitrogen and oxygen atoms in total. The Morgan fingerprint density at radius 2 is 2.50 bits per heavy atom. The predicted molar refractivity (Wildman–Crippen MR) is 60.9 cm³/mol. The van der Waals surface area contributed by atoms with Crippen molar-refractivity contribution in [2.45, 2.75) is 19.8 Å². The van der Waals surface area contributed by atoms with Crippen LogP contribution in [0.3, 0.4) is 0 Å². The third kappa shape index (κ3) is 3.26. The maximum atomic E-state index is 7.74. The highest BCUT2D eigenvalue weighted by Gasteiger charge is 2.02. The van der Waals surface area contributed by atoms with Crippen molar-refractivity contribution in [3.8, 4) is 0 Å². The van der Waals surface area contributed by atoms with Crippen molar-refractivity contribution in [1.82, 2.24) is 0 Å². The second-order valence-electron chi connectivity index (χ2n) is 3.46. The first-order valence-electron chi connectivity index (χ1n) is 4.94. The van der Waals surface area contributed by atoms with Crippen LogP contribution in [0.25, 0.3) is 0 Å². The van der Waals surface area contributed by atoms with Gasteiger partial charge in [-0.25, -0.2) is 0 Å². The first-order chi connectivity index (χ1) is 6.74. The van der Waals surface area contributed by atoms with Gasteiger partial charge in [0.15, 0.2) is 0 Å². The molecule has 1 unspecified atom stereocenters. The van der Waals surface area contributed by atoms with E-state index in [9.17, 15) is 0 Å². The molecule has 0 aromatic carbocycles. The molecule has 1 rings (SSSR count). The van der Waals surface area contributed by atoms with Crippen molar-refractivity contribution in [1.29, 1.82) is 5.41 Å². The molecule has 0 amide bonds. The van der Waals surface area contributed by atoms with E-state index in [1.807, 2.05) is 25.3 Å². The number of allylic oxidation sites excluding steroid dienone is 2. The molecule has 1 heterocycles. The van der Waals surface area contributed by atoms with Gasteiger partial charge in [0.2, 0.25) is 0 Å². The van der Waals surface area contributed by atoms with Gasteiger partial charge in [-0.1, -0.05) is 19.1 Å². The van der Waals surface area contributed by atoms with Crippen molar-refractivity contribution in [2.24, 2.45) is 16.6 Å². The fourth-order valence-corrected chi connectivity index (χ4v) is 1.11. The quantitative estimate of drug-likeness (QED) is 0.655. The number of hydrogen-bond acceptors (Lipinski definition) is 3. The molecule has 3 heteroatoms. The summed E-state index contributed by atoms with van der Waals surface area (Å²) in [5.74, 6) is 0.323. The molecule has 0 spiro atoms. The summed E-state index contributed by atoms with van der Waals surface area (Å²) in [5.41, 5.74) is 6.72. The standard InChI is InChI=1S/C11H17N3/c1-9(8-12)5-6-10(13)11-4-2-3-7-14-11/h4-7,9,13H,2-3,8,12H2,1H3/b6-5-,13-10?. The minimum absolute atomic E-state index is 0.323. The van der Waals surface area contributed by atoms with E-state index in [2.05, 4.69) is 4.99 Å². The number of aliphatic imine (C=N–C) groups is 1. The Bertz CT molecular complexity index is 287. The van der Waals surface area contributed by atoms with Crippen LogP contribution in [0.2, 0.25) is 0 Å². The highest BCUT2D eigenvalue weighted by atomic mass is 14.8. The molecule has 1 aliphatic heterocycles. The van der Waals surface area contributed by atoms with Crippen LogP contribution in [0.4, 0.5) is 0 Å². The average molecular weight is 191 g/mol. The molecular weight excluding hydrogens is 174 g/mol. The summed E-state index contributed by atoms with van der Waals surface area (Å²) in [6, 6.07) is 0. The second-order valence-corrected chi connectivity index (χ2v) is 3.46. The van der Waals surface area contributed by atoms with Gasteiger partial charge in [-0.05, 0) is 31.4 Å². The SMILES string of the molecule is CC(/C=C\C(=N)C1=CCCC=N1)CN. The number of hydrogen-bond donors (Lipinski definition) is 2. The molecule has 0 aromatic rings. The third-order valence-electron chi connectivity index (χ3n) is 2.10. The van der Waals surface area contributed by atoms with Crippen molar-refractivity contribution < 1.29 is 0 Å². The van der Waals surface area contributed by atoms with Gasteiger partial charge < -0.3 is 5.73 Å². The summed E-state index contributed by atoms with van der Waals surface area (Å²) >= 11 is 0. The van der Waals surface area contributed by atoms with Crippen LogP contribution in [-0.4, -0.2) is 18.5 Å². The second kappa shape index (κ2) is 5.50. The molecule has 0 fully saturated rings. The molecule has 0 aromatic heterocycles. The summed E-state index contributed by atoms with van der Waals surface area (Å²) in [5, 5.41) is 7.74. The smallest absolute Gasteiger partial charge is 0.0835 e. The molecule has 0 aliphatic carbocycles. The van der Waals surface area contributed by atoms with E-state index < -0.39 is 0 Å². The number of nitrogens with one attached hydrogen (secondary N) is 1. The van der Waals surface area contributed by atoms with Gasteiger partial charge in [0.05, 0.1) is 11.4 Å². The summed E-state index contributed by atoms with van der Waals surface area (Å²) in [6.45, 7) is 2.65. The highest BCUT2D eigenvalue weighted by molar-refractivity contribution is 6.06. The van der Waals surface area contributed by atoms with E-state index in [1.54, 1.807) is 6.08 Å². The Labute approximate surface area is 84.9 Å². The third-order valence-corrected chi connectivity index (χ3v) is 2.10. The predicted octanol–water partition coefficient (Wildman–Crippen LogP) is 1.91. The zero-order valence-corrected chi connectivity index (χ0v) is 8.53. The Balaban J connectivity index is 2.53. The van der Waals surface area contributed by atoms with E-state index in [0.717, 1.165) is 18.5 Å². The molecule has 1 atom stereocenters. The van der Waals surface area contributed by atoms with Crippen LogP contribution in [0, 0.1) is 11.3 Å². The highest BCUT2D eigenvalue weighted by Crippen LogP contribution is 2.09. The molecule has 0 saturated carbocycles. The molecule has 14 heavy (non-hydrogen) atoms. The van der Waals surface area contributed by atoms with E-state index in [0.29, 0.717) is 18.2 Å². The fraction of sp³-hybridized carbons (Fsp3) is 0.455. The van der Waals surface area contributed by atoms with Gasteiger partial charge in [-0.3, -0.25) is 10.4 Å². The van der Waals surface area contributed by atoms with E-state index in [-0.39, 0.29) is 0 Å². The zero-order chi connectivity index (χ0) is 10.4. The molecule has 0 bridgehead atoms. The lowest BCUT2D eigenvalue weighted by Crippen LogP contribution is -2.08. The summed E-state index contributed by atoms with van der Waals surface area (Å²) in [7, 11) is 0. The van der Waals surface area contributed by atoms with Crippen LogP contribution in [0.1, 0.15) is 19.8 Å². The van der Waals surface area contributed by atoms with Crippen LogP contribution < -0.4 is 5.73 Å². The minimum atomic E-state index is 0.323. The van der Waals surface area contributed by atoms with Crippen LogP contribution in [0.15, 0.2) is 28.9 Å². The maximum absolute atomic E-state index is 7.74. The molecule has 76 valence electrons. The van der Waals surface area contributed by atoms with Gasteiger partial charge >= 0.3 is 0 Å². The monoisotopic (exact) mass is 191 g/mol. The van der Waals surface area contributed by atoms with Gasteiger partial charge in [0, 0.05) is 6.21 Å². The molecule has 0 saturated heterocycles. The van der Waals surface area contributed by atoms with Crippen molar-refractivity contribution in [2.75, 3.05) is 6.54 Å². The van der Waals surface area contributed by atoms with Gasteiger partial charge in [-0.2, -0.15) is 0 Å². The van der Waals surface area contributed by atoms with Crippen molar-refractivity contribution in [3.05, 3.63) is 23.9 Å². The first-order valence-corrected chi connectivity index (χ1v) is 4.94. The molecular formula is C11H17N3. The summed E-state index contributed by atoms with van der Waals surface area (Å²) < 4.78 is 0. The average Bonchev–Trinajstić information content (AvgIpc) is 2.26. The number of rotatable bonds is 4. The maximum Gasteiger partial charge on any atom is 0.0835 e. The van der Waals surface area contributed by atoms with Crippen LogP contribution in [-0.2, 0) is 0 Å². The lowest BCUT2D eigenvalue weighted by Gasteiger charge is -2.05.